The number of rotatable bonds is 2. The Morgan fingerprint density at radius 3 is 2.05 bits per heavy atom. The van der Waals surface area contributed by atoms with E-state index in [1.807, 2.05) is 44.7 Å². The highest BCUT2D eigenvalue weighted by molar-refractivity contribution is 5.78. The summed E-state index contributed by atoms with van der Waals surface area (Å²) in [4.78, 5) is 16.2. The molecule has 4 heteroatoms. The normalized spacial score (nSPS) is 15.8. The number of phenolic OH excluding ortho intramolecular Hbond substituents is 1. The van der Waals surface area contributed by atoms with Crippen LogP contribution in [0.3, 0.4) is 0 Å². The molecule has 1 aromatic rings. The molecule has 0 aliphatic carbocycles. The molecule has 0 aromatic heterocycles. The van der Waals surface area contributed by atoms with Gasteiger partial charge < -0.3 is 14.9 Å². The minimum atomic E-state index is 0.0692. The third kappa shape index (κ3) is 2.89. The minimum Gasteiger partial charge on any atom is -0.507 e. The summed E-state index contributed by atoms with van der Waals surface area (Å²) in [6.07, 6.45) is 0. The van der Waals surface area contributed by atoms with E-state index >= 15 is 0 Å². The van der Waals surface area contributed by atoms with Crippen molar-refractivity contribution in [2.24, 2.45) is 5.92 Å². The minimum absolute atomic E-state index is 0.0692. The number of benzene rings is 1. The maximum atomic E-state index is 12.0. The van der Waals surface area contributed by atoms with E-state index in [0.717, 1.165) is 43.0 Å². The topological polar surface area (TPSA) is 43.8 Å². The Labute approximate surface area is 121 Å². The van der Waals surface area contributed by atoms with Gasteiger partial charge in [0.05, 0.1) is 0 Å². The molecule has 0 atom stereocenters. The molecule has 0 saturated carbocycles. The Kier molecular flexibility index (Phi) is 4.21. The van der Waals surface area contributed by atoms with Gasteiger partial charge in [0.15, 0.2) is 0 Å². The van der Waals surface area contributed by atoms with Crippen LogP contribution in [0.4, 0.5) is 5.69 Å². The van der Waals surface area contributed by atoms with Crippen LogP contribution in [0.2, 0.25) is 0 Å². The molecule has 1 aliphatic rings. The van der Waals surface area contributed by atoms with Gasteiger partial charge in [-0.2, -0.15) is 0 Å². The number of amides is 1. The summed E-state index contributed by atoms with van der Waals surface area (Å²) in [6.45, 7) is 11.0. The van der Waals surface area contributed by atoms with E-state index in [4.69, 9.17) is 0 Å². The molecule has 0 radical (unpaired) electrons. The average Bonchev–Trinajstić information content (AvgIpc) is 2.43. The smallest absolute Gasteiger partial charge is 0.225 e. The van der Waals surface area contributed by atoms with Gasteiger partial charge in [0.1, 0.15) is 5.75 Å². The van der Waals surface area contributed by atoms with E-state index < -0.39 is 0 Å². The first-order chi connectivity index (χ1) is 9.40. The molecule has 4 nitrogen and oxygen atoms in total. The van der Waals surface area contributed by atoms with Gasteiger partial charge in [-0.15, -0.1) is 0 Å². The maximum Gasteiger partial charge on any atom is 0.225 e. The molecule has 110 valence electrons. The number of phenols is 1. The summed E-state index contributed by atoms with van der Waals surface area (Å²) in [6, 6.07) is 4.03. The fraction of sp³-hybridized carbons (Fsp3) is 0.562. The predicted octanol–water partition coefficient (Wildman–Crippen LogP) is 2.31. The summed E-state index contributed by atoms with van der Waals surface area (Å²) in [5.41, 5.74) is 2.94. The number of nitrogens with zero attached hydrogens (tertiary/aromatic N) is 2. The summed E-state index contributed by atoms with van der Waals surface area (Å²) < 4.78 is 0. The van der Waals surface area contributed by atoms with Crippen molar-refractivity contribution in [3.8, 4) is 5.75 Å². The zero-order valence-electron chi connectivity index (χ0n) is 12.8. The highest BCUT2D eigenvalue weighted by atomic mass is 16.3. The molecule has 1 N–H and O–H groups in total. The Hall–Kier alpha value is -1.71. The molecule has 2 rings (SSSR count). The number of aromatic hydroxyl groups is 1. The number of hydrogen-bond acceptors (Lipinski definition) is 3. The van der Waals surface area contributed by atoms with Gasteiger partial charge in [-0.25, -0.2) is 0 Å². The highest BCUT2D eigenvalue weighted by Crippen LogP contribution is 2.28. The summed E-state index contributed by atoms with van der Waals surface area (Å²) >= 11 is 0. The largest absolute Gasteiger partial charge is 0.507 e. The lowest BCUT2D eigenvalue weighted by molar-refractivity contribution is -0.134. The summed E-state index contributed by atoms with van der Waals surface area (Å²) in [7, 11) is 0. The van der Waals surface area contributed by atoms with Crippen molar-refractivity contribution < 1.29 is 9.90 Å². The van der Waals surface area contributed by atoms with E-state index in [2.05, 4.69) is 4.90 Å². The molecule has 1 aliphatic heterocycles. The van der Waals surface area contributed by atoms with Crippen LogP contribution in [0, 0.1) is 19.8 Å². The first kappa shape index (κ1) is 14.7. The molecule has 20 heavy (non-hydrogen) atoms. The third-order valence-electron chi connectivity index (χ3n) is 3.93. The molecule has 1 heterocycles. The number of anilines is 1. The summed E-state index contributed by atoms with van der Waals surface area (Å²) in [5.74, 6) is 0.685. The lowest BCUT2D eigenvalue weighted by Crippen LogP contribution is -2.49. The van der Waals surface area contributed by atoms with Gasteiger partial charge >= 0.3 is 0 Å². The fourth-order valence-electron chi connectivity index (χ4n) is 2.67. The van der Waals surface area contributed by atoms with E-state index in [0.29, 0.717) is 5.75 Å². The van der Waals surface area contributed by atoms with E-state index in [1.165, 1.54) is 0 Å². The van der Waals surface area contributed by atoms with E-state index in [1.54, 1.807) is 0 Å². The summed E-state index contributed by atoms with van der Waals surface area (Å²) in [5, 5.41) is 9.83. The number of carbonyl (C=O) groups excluding carboxylic acids is 1. The van der Waals surface area contributed by atoms with E-state index in [-0.39, 0.29) is 11.8 Å². The second-order valence-corrected chi connectivity index (χ2v) is 5.90. The van der Waals surface area contributed by atoms with Crippen LogP contribution in [0.1, 0.15) is 25.0 Å². The van der Waals surface area contributed by atoms with Crippen molar-refractivity contribution in [1.29, 1.82) is 0 Å². The number of piperazine rings is 1. The maximum absolute atomic E-state index is 12.0. The molecule has 1 amide bonds. The van der Waals surface area contributed by atoms with Gasteiger partial charge in [-0.1, -0.05) is 13.8 Å². The monoisotopic (exact) mass is 276 g/mol. The van der Waals surface area contributed by atoms with Crippen molar-refractivity contribution in [1.82, 2.24) is 4.90 Å². The molecule has 1 saturated heterocycles. The molecule has 0 spiro atoms. The van der Waals surface area contributed by atoms with Crippen molar-refractivity contribution >= 4 is 11.6 Å². The molecule has 1 aromatic carbocycles. The number of hydrogen-bond donors (Lipinski definition) is 1. The predicted molar refractivity (Wildman–Crippen MR) is 81.2 cm³/mol. The van der Waals surface area contributed by atoms with Crippen molar-refractivity contribution in [2.45, 2.75) is 27.7 Å². The zero-order valence-corrected chi connectivity index (χ0v) is 12.8. The Morgan fingerprint density at radius 2 is 1.60 bits per heavy atom. The van der Waals surface area contributed by atoms with Crippen LogP contribution in [0.25, 0.3) is 0 Å². The molecule has 1 fully saturated rings. The van der Waals surface area contributed by atoms with Gasteiger partial charge in [-0.05, 0) is 37.1 Å². The van der Waals surface area contributed by atoms with Gasteiger partial charge in [0.25, 0.3) is 0 Å². The lowest BCUT2D eigenvalue weighted by Gasteiger charge is -2.37. The second kappa shape index (κ2) is 5.73. The van der Waals surface area contributed by atoms with Crippen molar-refractivity contribution in [3.63, 3.8) is 0 Å². The highest BCUT2D eigenvalue weighted by Gasteiger charge is 2.23. The zero-order chi connectivity index (χ0) is 14.9. The van der Waals surface area contributed by atoms with Crippen LogP contribution in [0.5, 0.6) is 5.75 Å². The standard InChI is InChI=1S/C16H24N2O2/c1-11(2)16(20)18-7-5-17(6-8-18)14-9-12(3)15(19)13(4)10-14/h9-11,19H,5-8H2,1-4H3. The molecular formula is C16H24N2O2. The molecule has 0 bridgehead atoms. The van der Waals surface area contributed by atoms with Crippen molar-refractivity contribution in [2.75, 3.05) is 31.1 Å². The second-order valence-electron chi connectivity index (χ2n) is 5.90. The first-order valence-electron chi connectivity index (χ1n) is 7.24. The van der Waals surface area contributed by atoms with Gasteiger partial charge in [0, 0.05) is 37.8 Å². The first-order valence-corrected chi connectivity index (χ1v) is 7.24. The Bertz CT molecular complexity index is 480. The van der Waals surface area contributed by atoms with Crippen LogP contribution in [-0.2, 0) is 4.79 Å². The fourth-order valence-corrected chi connectivity index (χ4v) is 2.67. The SMILES string of the molecule is Cc1cc(N2CCN(C(=O)C(C)C)CC2)cc(C)c1O. The van der Waals surface area contributed by atoms with Gasteiger partial charge in [0.2, 0.25) is 5.91 Å². The van der Waals surface area contributed by atoms with Crippen LogP contribution in [0.15, 0.2) is 12.1 Å². The number of carbonyl (C=O) groups is 1. The Balaban J connectivity index is 2.06. The van der Waals surface area contributed by atoms with Crippen molar-refractivity contribution in [3.05, 3.63) is 23.3 Å². The quantitative estimate of drug-likeness (QED) is 0.901. The molecule has 0 unspecified atom stereocenters. The third-order valence-corrected chi connectivity index (χ3v) is 3.93. The van der Waals surface area contributed by atoms with Crippen LogP contribution in [-0.4, -0.2) is 42.1 Å². The number of aryl methyl sites for hydroxylation is 2. The van der Waals surface area contributed by atoms with E-state index in [9.17, 15) is 9.90 Å². The van der Waals surface area contributed by atoms with Gasteiger partial charge in [-0.3, -0.25) is 4.79 Å². The molecular weight excluding hydrogens is 252 g/mol. The average molecular weight is 276 g/mol. The van der Waals surface area contributed by atoms with Crippen LogP contribution < -0.4 is 4.90 Å². The lowest BCUT2D eigenvalue weighted by atomic mass is 10.1. The Morgan fingerprint density at radius 1 is 1.10 bits per heavy atom. The van der Waals surface area contributed by atoms with Crippen LogP contribution >= 0.6 is 0 Å².